The van der Waals surface area contributed by atoms with Crippen LogP contribution >= 0.6 is 11.8 Å². The summed E-state index contributed by atoms with van der Waals surface area (Å²) < 4.78 is 45.0. The molecule has 1 aliphatic heterocycles. The molecule has 2 heterocycles. The van der Waals surface area contributed by atoms with Gasteiger partial charge in [-0.1, -0.05) is 24.8 Å². The summed E-state index contributed by atoms with van der Waals surface area (Å²) in [6.45, 7) is 5.99. The zero-order valence-corrected chi connectivity index (χ0v) is 21.4. The zero-order chi connectivity index (χ0) is 24.7. The van der Waals surface area contributed by atoms with Crippen molar-refractivity contribution in [2.75, 3.05) is 18.2 Å². The Hall–Kier alpha value is -1.81. The van der Waals surface area contributed by atoms with Crippen LogP contribution in [0.4, 0.5) is 14.6 Å². The summed E-state index contributed by atoms with van der Waals surface area (Å²) in [6, 6.07) is 6.24. The predicted octanol–water partition coefficient (Wildman–Crippen LogP) is 5.32. The van der Waals surface area contributed by atoms with Crippen molar-refractivity contribution < 1.29 is 23.0 Å². The number of nitrogens with zero attached hydrogens (tertiary/aromatic N) is 2. The van der Waals surface area contributed by atoms with Crippen LogP contribution < -0.4 is 5.32 Å². The van der Waals surface area contributed by atoms with Gasteiger partial charge in [0.2, 0.25) is 0 Å². The Morgan fingerprint density at radius 3 is 2.66 bits per heavy atom. The van der Waals surface area contributed by atoms with Crippen LogP contribution in [0.15, 0.2) is 29.4 Å². The second kappa shape index (κ2) is 9.92. The molecule has 1 N–H and O–H groups in total. The lowest BCUT2D eigenvalue weighted by Crippen LogP contribution is -2.34. The van der Waals surface area contributed by atoms with Crippen molar-refractivity contribution >= 4 is 17.6 Å². The zero-order valence-electron chi connectivity index (χ0n) is 20.6. The molecule has 2 aromatic rings. The van der Waals surface area contributed by atoms with E-state index in [9.17, 15) is 8.78 Å². The number of thioether (sulfide) groups is 1. The first kappa shape index (κ1) is 24.9. The van der Waals surface area contributed by atoms with Crippen LogP contribution in [0.25, 0.3) is 0 Å². The Morgan fingerprint density at radius 1 is 1.11 bits per heavy atom. The summed E-state index contributed by atoms with van der Waals surface area (Å²) in [6.07, 6.45) is 3.22. The van der Waals surface area contributed by atoms with Gasteiger partial charge in [-0.05, 0) is 69.1 Å². The lowest BCUT2D eigenvalue weighted by Gasteiger charge is -2.24. The second-order valence-electron chi connectivity index (χ2n) is 10.2. The monoisotopic (exact) mass is 505 g/mol. The third kappa shape index (κ3) is 5.48. The highest BCUT2D eigenvalue weighted by Gasteiger charge is 2.54. The van der Waals surface area contributed by atoms with E-state index >= 15 is 0 Å². The minimum atomic E-state index is -0.806. The molecule has 0 radical (unpaired) electrons. The van der Waals surface area contributed by atoms with Gasteiger partial charge in [-0.3, -0.25) is 0 Å². The first-order valence-electron chi connectivity index (χ1n) is 12.4. The molecule has 0 bridgehead atoms. The average molecular weight is 506 g/mol. The molecule has 6 atom stereocenters. The van der Waals surface area contributed by atoms with Crippen molar-refractivity contribution in [2.24, 2.45) is 5.92 Å². The maximum absolute atomic E-state index is 13.7. The van der Waals surface area contributed by atoms with Gasteiger partial charge in [0.1, 0.15) is 18.0 Å². The van der Waals surface area contributed by atoms with Crippen molar-refractivity contribution in [2.45, 2.75) is 87.7 Å². The molecular weight excluding hydrogens is 472 g/mol. The quantitative estimate of drug-likeness (QED) is 0.365. The second-order valence-corrected chi connectivity index (χ2v) is 11.2. The van der Waals surface area contributed by atoms with E-state index in [1.807, 2.05) is 19.9 Å². The summed E-state index contributed by atoms with van der Waals surface area (Å²) in [5, 5.41) is 4.33. The number of hydrogen-bond acceptors (Lipinski definition) is 7. The van der Waals surface area contributed by atoms with Crippen LogP contribution in [0.2, 0.25) is 0 Å². The van der Waals surface area contributed by atoms with Crippen molar-refractivity contribution in [1.82, 2.24) is 9.97 Å². The number of methoxy groups -OCH3 is 1. The largest absolute Gasteiger partial charge is 0.379 e. The molecule has 6 nitrogen and oxygen atoms in total. The van der Waals surface area contributed by atoms with E-state index in [1.165, 1.54) is 12.1 Å². The maximum atomic E-state index is 13.7. The summed E-state index contributed by atoms with van der Waals surface area (Å²) in [5.41, 5.74) is 1.81. The molecule has 35 heavy (non-hydrogen) atoms. The van der Waals surface area contributed by atoms with Gasteiger partial charge in [-0.2, -0.15) is 0 Å². The fraction of sp³-hybridized carbons (Fsp3) is 0.615. The molecule has 3 aliphatic rings. The highest BCUT2D eigenvalue weighted by molar-refractivity contribution is 7.99. The van der Waals surface area contributed by atoms with Crippen LogP contribution in [0.1, 0.15) is 57.2 Å². The first-order valence-corrected chi connectivity index (χ1v) is 13.4. The smallest absolute Gasteiger partial charge is 0.189 e. The van der Waals surface area contributed by atoms with Crippen molar-refractivity contribution in [3.63, 3.8) is 0 Å². The van der Waals surface area contributed by atoms with Crippen molar-refractivity contribution in [1.29, 1.82) is 0 Å². The lowest BCUT2D eigenvalue weighted by atomic mass is 10.1. The van der Waals surface area contributed by atoms with Crippen LogP contribution in [0.3, 0.4) is 0 Å². The van der Waals surface area contributed by atoms with E-state index in [0.717, 1.165) is 53.7 Å². The molecule has 1 saturated heterocycles. The predicted molar refractivity (Wildman–Crippen MR) is 131 cm³/mol. The molecule has 0 unspecified atom stereocenters. The summed E-state index contributed by atoms with van der Waals surface area (Å²) >= 11 is 1.65. The molecule has 2 aliphatic carbocycles. The van der Waals surface area contributed by atoms with E-state index in [-0.39, 0.29) is 30.3 Å². The SMILES string of the molecule is CCCSc1nc(C[C@@H]2C[C@H]2c2ccc(F)c(F)c2)cc(N[C@@H]2C[C@H](OC)[C@H]3OC(C)(C)O[C@H]32)n1. The highest BCUT2D eigenvalue weighted by atomic mass is 32.2. The maximum Gasteiger partial charge on any atom is 0.189 e. The molecule has 1 aromatic heterocycles. The fourth-order valence-electron chi connectivity index (χ4n) is 5.30. The molecule has 0 spiro atoms. The minimum Gasteiger partial charge on any atom is -0.379 e. The Bertz CT molecular complexity index is 1070. The molecule has 2 saturated carbocycles. The first-order chi connectivity index (χ1) is 16.8. The number of nitrogens with one attached hydrogen (secondary N) is 1. The van der Waals surface area contributed by atoms with Gasteiger partial charge in [-0.25, -0.2) is 18.7 Å². The molecule has 0 amide bonds. The van der Waals surface area contributed by atoms with Gasteiger partial charge in [0.25, 0.3) is 0 Å². The van der Waals surface area contributed by atoms with E-state index in [2.05, 4.69) is 12.2 Å². The number of ether oxygens (including phenoxy) is 3. The summed E-state index contributed by atoms with van der Waals surface area (Å²) in [4.78, 5) is 9.58. The summed E-state index contributed by atoms with van der Waals surface area (Å²) in [7, 11) is 1.71. The molecule has 9 heteroatoms. The third-order valence-electron chi connectivity index (χ3n) is 7.01. The fourth-order valence-corrected chi connectivity index (χ4v) is 6.03. The van der Waals surface area contributed by atoms with Gasteiger partial charge in [-0.15, -0.1) is 0 Å². The Labute approximate surface area is 209 Å². The van der Waals surface area contributed by atoms with Crippen LogP contribution in [-0.4, -0.2) is 53.0 Å². The van der Waals surface area contributed by atoms with Gasteiger partial charge in [0.05, 0.1) is 12.1 Å². The number of halogens is 2. The van der Waals surface area contributed by atoms with E-state index in [1.54, 1.807) is 24.9 Å². The van der Waals surface area contributed by atoms with E-state index in [4.69, 9.17) is 24.2 Å². The Morgan fingerprint density at radius 2 is 1.91 bits per heavy atom. The molecule has 5 rings (SSSR count). The molecular formula is C26H33F2N3O3S. The van der Waals surface area contributed by atoms with Crippen LogP contribution in [-0.2, 0) is 20.6 Å². The van der Waals surface area contributed by atoms with Crippen molar-refractivity contribution in [3.05, 3.63) is 47.2 Å². The Kier molecular flexibility index (Phi) is 7.05. The number of hydrogen-bond donors (Lipinski definition) is 1. The van der Waals surface area contributed by atoms with Gasteiger partial charge >= 0.3 is 0 Å². The Balaban J connectivity index is 1.32. The number of benzene rings is 1. The van der Waals surface area contributed by atoms with Crippen LogP contribution in [0.5, 0.6) is 0 Å². The van der Waals surface area contributed by atoms with E-state index < -0.39 is 17.4 Å². The topological polar surface area (TPSA) is 65.5 Å². The van der Waals surface area contributed by atoms with Gasteiger partial charge in [0.15, 0.2) is 22.6 Å². The number of rotatable bonds is 9. The number of aromatic nitrogens is 2. The summed E-state index contributed by atoms with van der Waals surface area (Å²) in [5.74, 6) is 0.0549. The number of anilines is 1. The van der Waals surface area contributed by atoms with Gasteiger partial charge < -0.3 is 19.5 Å². The van der Waals surface area contributed by atoms with Gasteiger partial charge in [0, 0.05) is 24.6 Å². The standard InChI is InChI=1S/C26H33F2N3O3S/c1-5-8-35-25-29-16(9-15-10-17(15)14-6-7-18(27)19(28)11-14)12-22(31-25)30-20-13-21(32-4)24-23(20)33-26(2,3)34-24/h6-7,11-12,15,17,20-21,23-24H,5,8-10,13H2,1-4H3,(H,29,30,31)/t15-,17+,20-,21+,23+,24-/m1/s1. The average Bonchev–Trinajstić information content (AvgIpc) is 3.40. The van der Waals surface area contributed by atoms with Crippen LogP contribution in [0, 0.1) is 17.6 Å². The minimum absolute atomic E-state index is 0.00867. The molecule has 190 valence electrons. The lowest BCUT2D eigenvalue weighted by molar-refractivity contribution is -0.164. The normalized spacial score (nSPS) is 30.9. The van der Waals surface area contributed by atoms with E-state index in [0.29, 0.717) is 5.92 Å². The molecule has 3 fully saturated rings. The third-order valence-corrected chi connectivity index (χ3v) is 8.06. The number of fused-ring (bicyclic) bond motifs is 1. The highest BCUT2D eigenvalue weighted by Crippen LogP contribution is 2.49. The van der Waals surface area contributed by atoms with Crippen molar-refractivity contribution in [3.8, 4) is 0 Å². The molecule has 1 aromatic carbocycles.